The van der Waals surface area contributed by atoms with Crippen LogP contribution in [0.3, 0.4) is 0 Å². The molecular weight excluding hydrogens is 498 g/mol. The number of ketones is 1. The van der Waals surface area contributed by atoms with E-state index in [4.69, 9.17) is 4.74 Å². The average molecular weight is 520 g/mol. The molecule has 0 unspecified atom stereocenters. The number of aromatic hydroxyl groups is 1. The van der Waals surface area contributed by atoms with Crippen molar-refractivity contribution in [3.8, 4) is 11.5 Å². The fraction of sp³-hybridized carbons (Fsp3) is 0.0385. The van der Waals surface area contributed by atoms with Gasteiger partial charge in [0.25, 0.3) is 15.7 Å². The van der Waals surface area contributed by atoms with Crippen LogP contribution in [0, 0.1) is 10.1 Å². The highest BCUT2D eigenvalue weighted by molar-refractivity contribution is 7.92. The number of hydrogen-bond acceptors (Lipinski definition) is 8. The lowest BCUT2D eigenvalue weighted by molar-refractivity contribution is -0.384. The molecule has 0 saturated heterocycles. The van der Waals surface area contributed by atoms with E-state index in [2.05, 4.69) is 10.0 Å². The van der Waals surface area contributed by atoms with Crippen LogP contribution in [0.1, 0.15) is 15.9 Å². The van der Waals surface area contributed by atoms with Gasteiger partial charge in [-0.05, 0) is 48.5 Å². The second-order valence-corrected chi connectivity index (χ2v) is 9.51. The zero-order chi connectivity index (χ0) is 26.6. The Labute approximate surface area is 212 Å². The molecular formula is C26H21N3O7S. The van der Waals surface area contributed by atoms with Crippen molar-refractivity contribution in [2.24, 2.45) is 0 Å². The molecule has 0 amide bonds. The van der Waals surface area contributed by atoms with Crippen LogP contribution in [0.25, 0.3) is 0 Å². The van der Waals surface area contributed by atoms with Gasteiger partial charge in [0, 0.05) is 29.1 Å². The lowest BCUT2D eigenvalue weighted by atomic mass is 10.0. The predicted octanol–water partition coefficient (Wildman–Crippen LogP) is 5.08. The third-order valence-electron chi connectivity index (χ3n) is 5.36. The predicted molar refractivity (Wildman–Crippen MR) is 138 cm³/mol. The molecule has 4 aromatic rings. The van der Waals surface area contributed by atoms with Crippen LogP contribution < -0.4 is 14.8 Å². The van der Waals surface area contributed by atoms with E-state index in [0.717, 1.165) is 6.07 Å². The van der Waals surface area contributed by atoms with Gasteiger partial charge in [-0.1, -0.05) is 30.3 Å². The first-order chi connectivity index (χ1) is 17.7. The number of sulfonamides is 1. The third kappa shape index (κ3) is 5.68. The van der Waals surface area contributed by atoms with E-state index in [-0.39, 0.29) is 33.1 Å². The summed E-state index contributed by atoms with van der Waals surface area (Å²) in [6.07, 6.45) is 0. The normalized spacial score (nSPS) is 10.9. The largest absolute Gasteiger partial charge is 0.507 e. The number of carbonyl (C=O) groups excluding carboxylic acids is 1. The molecule has 37 heavy (non-hydrogen) atoms. The lowest BCUT2D eigenvalue weighted by Crippen LogP contribution is -2.14. The quantitative estimate of drug-likeness (QED) is 0.157. The van der Waals surface area contributed by atoms with Gasteiger partial charge >= 0.3 is 0 Å². The lowest BCUT2D eigenvalue weighted by Gasteiger charge is -2.12. The van der Waals surface area contributed by atoms with E-state index in [1.165, 1.54) is 61.7 Å². The number of phenolic OH excluding ortho intramolecular Hbond substituents is 1. The van der Waals surface area contributed by atoms with E-state index in [1.54, 1.807) is 30.3 Å². The molecule has 0 aliphatic rings. The van der Waals surface area contributed by atoms with Crippen LogP contribution in [0.15, 0.2) is 95.9 Å². The zero-order valence-corrected chi connectivity index (χ0v) is 20.2. The van der Waals surface area contributed by atoms with E-state index < -0.39 is 26.4 Å². The van der Waals surface area contributed by atoms with Crippen molar-refractivity contribution < 1.29 is 28.0 Å². The summed E-state index contributed by atoms with van der Waals surface area (Å²) in [4.78, 5) is 23.6. The maximum Gasteiger partial charge on any atom is 0.294 e. The maximum atomic E-state index is 13.0. The van der Waals surface area contributed by atoms with E-state index >= 15 is 0 Å². The van der Waals surface area contributed by atoms with Crippen LogP contribution in [0.5, 0.6) is 11.5 Å². The second kappa shape index (κ2) is 10.4. The minimum absolute atomic E-state index is 0.0120. The van der Waals surface area contributed by atoms with Crippen molar-refractivity contribution in [2.75, 3.05) is 17.1 Å². The fourth-order valence-corrected chi connectivity index (χ4v) is 4.61. The Morgan fingerprint density at radius 3 is 2.32 bits per heavy atom. The Kier molecular flexibility index (Phi) is 7.07. The molecule has 0 atom stereocenters. The summed E-state index contributed by atoms with van der Waals surface area (Å²) in [5.74, 6) is -0.449. The molecule has 4 aromatic carbocycles. The number of phenols is 1. The Morgan fingerprint density at radius 1 is 0.919 bits per heavy atom. The number of para-hydroxylation sites is 1. The third-order valence-corrected chi connectivity index (χ3v) is 6.73. The monoisotopic (exact) mass is 519 g/mol. The van der Waals surface area contributed by atoms with Crippen molar-refractivity contribution in [2.45, 2.75) is 4.90 Å². The first-order valence-electron chi connectivity index (χ1n) is 10.8. The first kappa shape index (κ1) is 25.2. The van der Waals surface area contributed by atoms with Gasteiger partial charge in [0.15, 0.2) is 5.78 Å². The number of ether oxygens (including phenoxy) is 1. The molecule has 0 heterocycles. The van der Waals surface area contributed by atoms with Crippen LogP contribution in [0.2, 0.25) is 0 Å². The zero-order valence-electron chi connectivity index (χ0n) is 19.4. The maximum absolute atomic E-state index is 13.0. The second-order valence-electron chi connectivity index (χ2n) is 7.83. The van der Waals surface area contributed by atoms with E-state index in [0.29, 0.717) is 11.4 Å². The number of methoxy groups -OCH3 is 1. The van der Waals surface area contributed by atoms with Crippen molar-refractivity contribution in [1.82, 2.24) is 0 Å². The summed E-state index contributed by atoms with van der Waals surface area (Å²) in [5.41, 5.74) is 0.497. The molecule has 11 heteroatoms. The van der Waals surface area contributed by atoms with Gasteiger partial charge in [-0.2, -0.15) is 0 Å². The molecule has 4 rings (SSSR count). The Bertz CT molecular complexity index is 1590. The molecule has 0 aliphatic carbocycles. The molecule has 0 spiro atoms. The van der Waals surface area contributed by atoms with Crippen LogP contribution in [-0.2, 0) is 10.0 Å². The fourth-order valence-electron chi connectivity index (χ4n) is 3.54. The number of benzene rings is 4. The van der Waals surface area contributed by atoms with Crippen LogP contribution >= 0.6 is 0 Å². The molecule has 3 N–H and O–H groups in total. The number of nitro benzene ring substituents is 1. The molecule has 0 fully saturated rings. The standard InChI is InChI=1S/C26H21N3O7S/c1-36-20-10-12-22(25(30)15-20)26(31)17-6-5-9-19(14-17)28-37(34,35)21-11-13-23(24(16-21)29(32)33)27-18-7-3-2-4-8-18/h2-16,27-28,30H,1H3. The van der Waals surface area contributed by atoms with E-state index in [9.17, 15) is 28.4 Å². The molecule has 0 saturated carbocycles. The highest BCUT2D eigenvalue weighted by Gasteiger charge is 2.22. The number of nitro groups is 1. The van der Waals surface area contributed by atoms with E-state index in [1.807, 2.05) is 0 Å². The van der Waals surface area contributed by atoms with Crippen molar-refractivity contribution in [1.29, 1.82) is 0 Å². The van der Waals surface area contributed by atoms with Gasteiger partial charge in [0.2, 0.25) is 0 Å². The summed E-state index contributed by atoms with van der Waals surface area (Å²) in [6, 6.07) is 22.1. The molecule has 0 aliphatic heterocycles. The number of nitrogens with zero attached hydrogens (tertiary/aromatic N) is 1. The Hall–Kier alpha value is -4.90. The van der Waals surface area contributed by atoms with Crippen molar-refractivity contribution in [3.63, 3.8) is 0 Å². The highest BCUT2D eigenvalue weighted by Crippen LogP contribution is 2.31. The summed E-state index contributed by atoms with van der Waals surface area (Å²) >= 11 is 0. The molecule has 0 aromatic heterocycles. The Balaban J connectivity index is 1.60. The minimum atomic E-state index is -4.24. The van der Waals surface area contributed by atoms with Gasteiger partial charge in [0.05, 0.1) is 22.5 Å². The molecule has 0 bridgehead atoms. The highest BCUT2D eigenvalue weighted by atomic mass is 32.2. The number of nitrogens with one attached hydrogen (secondary N) is 2. The average Bonchev–Trinajstić information content (AvgIpc) is 2.88. The smallest absolute Gasteiger partial charge is 0.294 e. The van der Waals surface area contributed by atoms with Gasteiger partial charge in [-0.3, -0.25) is 19.6 Å². The van der Waals surface area contributed by atoms with Gasteiger partial charge in [-0.15, -0.1) is 0 Å². The Morgan fingerprint density at radius 2 is 1.65 bits per heavy atom. The van der Waals surface area contributed by atoms with Crippen molar-refractivity contribution in [3.05, 3.63) is 112 Å². The topological polar surface area (TPSA) is 148 Å². The summed E-state index contributed by atoms with van der Waals surface area (Å²) in [7, 11) is -2.82. The molecule has 10 nitrogen and oxygen atoms in total. The number of anilines is 3. The van der Waals surface area contributed by atoms with Crippen LogP contribution in [-0.4, -0.2) is 31.3 Å². The van der Waals surface area contributed by atoms with Crippen LogP contribution in [0.4, 0.5) is 22.7 Å². The molecule has 0 radical (unpaired) electrons. The van der Waals surface area contributed by atoms with Gasteiger partial charge < -0.3 is 15.2 Å². The first-order valence-corrected chi connectivity index (χ1v) is 12.3. The molecule has 188 valence electrons. The SMILES string of the molecule is COc1ccc(C(=O)c2cccc(NS(=O)(=O)c3ccc(Nc4ccccc4)c([N+](=O)[O-])c3)c2)c(O)c1. The minimum Gasteiger partial charge on any atom is -0.507 e. The van der Waals surface area contributed by atoms with Gasteiger partial charge in [-0.25, -0.2) is 8.42 Å². The van der Waals surface area contributed by atoms with Crippen molar-refractivity contribution >= 4 is 38.6 Å². The summed E-state index contributed by atoms with van der Waals surface area (Å²) in [5, 5.41) is 24.7. The summed E-state index contributed by atoms with van der Waals surface area (Å²) in [6.45, 7) is 0. The summed E-state index contributed by atoms with van der Waals surface area (Å²) < 4.78 is 33.4. The number of carbonyl (C=O) groups is 1. The number of hydrogen-bond donors (Lipinski definition) is 3. The van der Waals surface area contributed by atoms with Gasteiger partial charge in [0.1, 0.15) is 17.2 Å². The number of rotatable bonds is 9.